The number of nitrogens with zero attached hydrogens (tertiary/aromatic N) is 1. The molecule has 0 radical (unpaired) electrons. The summed E-state index contributed by atoms with van der Waals surface area (Å²) in [5.74, 6) is -0.199. The molecule has 0 fully saturated rings. The Hall–Kier alpha value is -1.84. The van der Waals surface area contributed by atoms with Crippen LogP contribution in [-0.4, -0.2) is 31.4 Å². The van der Waals surface area contributed by atoms with Crippen molar-refractivity contribution < 1.29 is 14.3 Å². The smallest absolute Gasteiger partial charge is 0.328 e. The van der Waals surface area contributed by atoms with Gasteiger partial charge >= 0.3 is 5.97 Å². The van der Waals surface area contributed by atoms with Gasteiger partial charge in [0, 0.05) is 17.8 Å². The molecular weight excluding hydrogens is 242 g/mol. The van der Waals surface area contributed by atoms with Crippen LogP contribution in [0, 0.1) is 0 Å². The highest BCUT2D eigenvalue weighted by molar-refractivity contribution is 5.82. The van der Waals surface area contributed by atoms with E-state index in [0.29, 0.717) is 12.2 Å². The van der Waals surface area contributed by atoms with E-state index < -0.39 is 0 Å². The number of rotatable bonds is 4. The maximum absolute atomic E-state index is 11.9. The van der Waals surface area contributed by atoms with Crippen LogP contribution in [0.25, 0.3) is 0 Å². The lowest BCUT2D eigenvalue weighted by atomic mass is 9.98. The lowest BCUT2D eigenvalue weighted by Gasteiger charge is -2.35. The minimum Gasteiger partial charge on any atom is -0.464 e. The maximum atomic E-state index is 11.9. The van der Waals surface area contributed by atoms with Crippen molar-refractivity contribution in [3.8, 4) is 0 Å². The highest BCUT2D eigenvalue weighted by Crippen LogP contribution is 2.29. The predicted octanol–water partition coefficient (Wildman–Crippen LogP) is 2.20. The molecule has 0 saturated heterocycles. The van der Waals surface area contributed by atoms with E-state index in [0.717, 1.165) is 36.9 Å². The number of carbonyl (C=O) groups is 2. The van der Waals surface area contributed by atoms with Crippen LogP contribution in [0.4, 0.5) is 5.69 Å². The molecular formula is C15H19NO3. The number of aldehydes is 1. The number of hydrogen-bond donors (Lipinski definition) is 0. The maximum Gasteiger partial charge on any atom is 0.328 e. The van der Waals surface area contributed by atoms with Gasteiger partial charge in [-0.1, -0.05) is 0 Å². The summed E-state index contributed by atoms with van der Waals surface area (Å²) in [6.45, 7) is 4.91. The van der Waals surface area contributed by atoms with Crippen molar-refractivity contribution >= 4 is 17.9 Å². The third-order valence-corrected chi connectivity index (χ3v) is 3.49. The third-order valence-electron chi connectivity index (χ3n) is 3.49. The lowest BCUT2D eigenvalue weighted by Crippen LogP contribution is -2.43. The molecule has 19 heavy (non-hydrogen) atoms. The Morgan fingerprint density at radius 1 is 1.53 bits per heavy atom. The zero-order chi connectivity index (χ0) is 13.8. The van der Waals surface area contributed by atoms with Crippen molar-refractivity contribution in [2.24, 2.45) is 0 Å². The quantitative estimate of drug-likeness (QED) is 0.616. The molecule has 0 spiro atoms. The number of aryl methyl sites for hydroxylation is 1. The van der Waals surface area contributed by atoms with Crippen LogP contribution in [0.15, 0.2) is 18.2 Å². The van der Waals surface area contributed by atoms with E-state index in [1.54, 1.807) is 6.07 Å². The number of esters is 1. The molecule has 0 N–H and O–H groups in total. The average Bonchev–Trinajstić information content (AvgIpc) is 2.45. The first-order valence-electron chi connectivity index (χ1n) is 6.68. The zero-order valence-electron chi connectivity index (χ0n) is 11.4. The molecule has 102 valence electrons. The second-order valence-corrected chi connectivity index (χ2v) is 4.73. The van der Waals surface area contributed by atoms with E-state index in [-0.39, 0.29) is 12.0 Å². The Kier molecular flexibility index (Phi) is 4.20. The van der Waals surface area contributed by atoms with E-state index in [4.69, 9.17) is 4.74 Å². The minimum atomic E-state index is -0.291. The van der Waals surface area contributed by atoms with Gasteiger partial charge in [0.05, 0.1) is 6.61 Å². The van der Waals surface area contributed by atoms with E-state index >= 15 is 0 Å². The molecule has 1 aromatic rings. The van der Waals surface area contributed by atoms with Crippen molar-refractivity contribution in [1.82, 2.24) is 0 Å². The number of carbonyl (C=O) groups excluding carboxylic acids is 2. The molecule has 0 bridgehead atoms. The van der Waals surface area contributed by atoms with Gasteiger partial charge in [0.25, 0.3) is 0 Å². The SMILES string of the molecule is CCOC(=O)C(C)N1CCCc2cc(C=O)ccc21. The molecule has 0 aliphatic carbocycles. The fourth-order valence-corrected chi connectivity index (χ4v) is 2.51. The van der Waals surface area contributed by atoms with Crippen LogP contribution < -0.4 is 4.90 Å². The number of ether oxygens (including phenoxy) is 1. The van der Waals surface area contributed by atoms with Crippen LogP contribution in [0.2, 0.25) is 0 Å². The Balaban J connectivity index is 2.26. The van der Waals surface area contributed by atoms with Crippen LogP contribution in [0.5, 0.6) is 0 Å². The van der Waals surface area contributed by atoms with Crippen molar-refractivity contribution in [2.45, 2.75) is 32.7 Å². The van der Waals surface area contributed by atoms with Gasteiger partial charge in [0.2, 0.25) is 0 Å². The normalized spacial score (nSPS) is 15.6. The molecule has 4 heteroatoms. The molecule has 2 rings (SSSR count). The van der Waals surface area contributed by atoms with Gasteiger partial charge in [-0.3, -0.25) is 4.79 Å². The summed E-state index contributed by atoms with van der Waals surface area (Å²) in [6, 6.07) is 5.34. The van der Waals surface area contributed by atoms with Gasteiger partial charge in [-0.2, -0.15) is 0 Å². The van der Waals surface area contributed by atoms with E-state index in [2.05, 4.69) is 4.90 Å². The summed E-state index contributed by atoms with van der Waals surface area (Å²) in [5.41, 5.74) is 2.86. The second-order valence-electron chi connectivity index (χ2n) is 4.73. The average molecular weight is 261 g/mol. The molecule has 0 amide bonds. The molecule has 1 aliphatic heterocycles. The topological polar surface area (TPSA) is 46.6 Å². The summed E-state index contributed by atoms with van der Waals surface area (Å²) < 4.78 is 5.08. The molecule has 0 aromatic heterocycles. The zero-order valence-corrected chi connectivity index (χ0v) is 11.4. The third kappa shape index (κ3) is 2.78. The Morgan fingerprint density at radius 2 is 2.32 bits per heavy atom. The van der Waals surface area contributed by atoms with Gasteiger partial charge < -0.3 is 9.64 Å². The minimum absolute atomic E-state index is 0.199. The first-order valence-corrected chi connectivity index (χ1v) is 6.68. The molecule has 1 aliphatic rings. The highest BCUT2D eigenvalue weighted by Gasteiger charge is 2.26. The standard InChI is InChI=1S/C15H19NO3/c1-3-19-15(18)11(2)16-8-4-5-13-9-12(10-17)6-7-14(13)16/h6-7,9-11H,3-5,8H2,1-2H3. The van der Waals surface area contributed by atoms with E-state index in [1.807, 2.05) is 26.0 Å². The highest BCUT2D eigenvalue weighted by atomic mass is 16.5. The van der Waals surface area contributed by atoms with Gasteiger partial charge in [0.1, 0.15) is 12.3 Å². The molecule has 1 aromatic carbocycles. The number of fused-ring (bicyclic) bond motifs is 1. The summed E-state index contributed by atoms with van der Waals surface area (Å²) in [6.07, 6.45) is 2.79. The fourth-order valence-electron chi connectivity index (χ4n) is 2.51. The first-order chi connectivity index (χ1) is 9.17. The summed E-state index contributed by atoms with van der Waals surface area (Å²) in [5, 5.41) is 0. The largest absolute Gasteiger partial charge is 0.464 e. The van der Waals surface area contributed by atoms with Crippen LogP contribution in [0.1, 0.15) is 36.2 Å². The van der Waals surface area contributed by atoms with Crippen molar-refractivity contribution in [3.63, 3.8) is 0 Å². The molecule has 4 nitrogen and oxygen atoms in total. The first kappa shape index (κ1) is 13.6. The van der Waals surface area contributed by atoms with Gasteiger partial charge in [-0.25, -0.2) is 4.79 Å². The van der Waals surface area contributed by atoms with Crippen LogP contribution in [0.3, 0.4) is 0 Å². The van der Waals surface area contributed by atoms with Crippen LogP contribution >= 0.6 is 0 Å². The number of hydrogen-bond acceptors (Lipinski definition) is 4. The molecule has 1 heterocycles. The van der Waals surface area contributed by atoms with Gasteiger partial charge in [-0.05, 0) is 50.5 Å². The van der Waals surface area contributed by atoms with Crippen molar-refractivity contribution in [1.29, 1.82) is 0 Å². The van der Waals surface area contributed by atoms with Crippen LogP contribution in [-0.2, 0) is 16.0 Å². The van der Waals surface area contributed by atoms with Gasteiger partial charge in [-0.15, -0.1) is 0 Å². The van der Waals surface area contributed by atoms with Crippen molar-refractivity contribution in [2.75, 3.05) is 18.1 Å². The molecule has 0 saturated carbocycles. The van der Waals surface area contributed by atoms with E-state index in [1.165, 1.54) is 0 Å². The fraction of sp³-hybridized carbons (Fsp3) is 0.467. The summed E-state index contributed by atoms with van der Waals surface area (Å²) in [4.78, 5) is 24.7. The van der Waals surface area contributed by atoms with E-state index in [9.17, 15) is 9.59 Å². The molecule has 1 unspecified atom stereocenters. The number of anilines is 1. The second kappa shape index (κ2) is 5.87. The Labute approximate surface area is 113 Å². The van der Waals surface area contributed by atoms with Gasteiger partial charge in [0.15, 0.2) is 0 Å². The lowest BCUT2D eigenvalue weighted by molar-refractivity contribution is -0.144. The Morgan fingerprint density at radius 3 is 3.00 bits per heavy atom. The monoisotopic (exact) mass is 261 g/mol. The predicted molar refractivity (Wildman–Crippen MR) is 73.6 cm³/mol. The van der Waals surface area contributed by atoms with Crippen molar-refractivity contribution in [3.05, 3.63) is 29.3 Å². The summed E-state index contributed by atoms with van der Waals surface area (Å²) in [7, 11) is 0. The number of benzene rings is 1. The Bertz CT molecular complexity index is 484. The summed E-state index contributed by atoms with van der Waals surface area (Å²) >= 11 is 0. The molecule has 1 atom stereocenters.